The Balaban J connectivity index is 2.02. The van der Waals surface area contributed by atoms with Crippen LogP contribution in [0.2, 0.25) is 0 Å². The number of rotatable bonds is 3. The highest BCUT2D eigenvalue weighted by Crippen LogP contribution is 2.49. The van der Waals surface area contributed by atoms with Crippen LogP contribution in [0.5, 0.6) is 0 Å². The van der Waals surface area contributed by atoms with Gasteiger partial charge in [-0.05, 0) is 36.9 Å². The van der Waals surface area contributed by atoms with E-state index in [0.29, 0.717) is 10.7 Å². The maximum Gasteiger partial charge on any atom is 0.215 e. The molecule has 1 fully saturated rings. The Bertz CT molecular complexity index is 377. The molecule has 0 aromatic carbocycles. The second kappa shape index (κ2) is 3.50. The van der Waals surface area contributed by atoms with Gasteiger partial charge in [0.15, 0.2) is 0 Å². The van der Waals surface area contributed by atoms with Crippen LogP contribution in [-0.4, -0.2) is 14.8 Å². The highest BCUT2D eigenvalue weighted by molar-refractivity contribution is 7.71. The summed E-state index contributed by atoms with van der Waals surface area (Å²) in [5.41, 5.74) is 0. The van der Waals surface area contributed by atoms with Crippen LogP contribution in [0.25, 0.3) is 0 Å². The van der Waals surface area contributed by atoms with Crippen LogP contribution in [0, 0.1) is 16.6 Å². The predicted molar refractivity (Wildman–Crippen MR) is 58.7 cm³/mol. The van der Waals surface area contributed by atoms with Crippen molar-refractivity contribution in [2.45, 2.75) is 32.6 Å². The molecular weight excluding hydrogens is 194 g/mol. The molecule has 1 N–H and O–H groups in total. The topological polar surface area (TPSA) is 33.6 Å². The fourth-order valence-corrected chi connectivity index (χ4v) is 2.18. The van der Waals surface area contributed by atoms with E-state index in [4.69, 9.17) is 12.2 Å². The predicted octanol–water partition coefficient (Wildman–Crippen LogP) is 2.63. The third-order valence-corrected chi connectivity index (χ3v) is 3.20. The summed E-state index contributed by atoms with van der Waals surface area (Å²) in [4.78, 5) is 4.35. The molecule has 1 saturated carbocycles. The van der Waals surface area contributed by atoms with E-state index in [1.165, 1.54) is 12.8 Å². The second-order valence-electron chi connectivity index (χ2n) is 4.68. The van der Waals surface area contributed by atoms with E-state index in [9.17, 15) is 0 Å². The van der Waals surface area contributed by atoms with Crippen LogP contribution < -0.4 is 0 Å². The SMILES string of the molecule is CC(C)CC1CC1c1nc(=S)n(C)[nH]1. The zero-order valence-corrected chi connectivity index (χ0v) is 9.77. The molecule has 2 rings (SSSR count). The van der Waals surface area contributed by atoms with Crippen LogP contribution in [0.4, 0.5) is 0 Å². The van der Waals surface area contributed by atoms with Crippen molar-refractivity contribution in [2.75, 3.05) is 0 Å². The standard InChI is InChI=1S/C10H17N3S/c1-6(2)4-7-5-8(7)9-11-10(14)13(3)12-9/h6-8H,4-5H2,1-3H3,(H,11,12,14). The van der Waals surface area contributed by atoms with E-state index in [1.54, 1.807) is 0 Å². The van der Waals surface area contributed by atoms with Crippen molar-refractivity contribution in [3.8, 4) is 0 Å². The Kier molecular flexibility index (Phi) is 2.47. The normalized spacial score (nSPS) is 25.7. The van der Waals surface area contributed by atoms with E-state index < -0.39 is 0 Å². The molecule has 1 aliphatic carbocycles. The molecule has 3 nitrogen and oxygen atoms in total. The summed E-state index contributed by atoms with van der Waals surface area (Å²) < 4.78 is 2.48. The fourth-order valence-electron chi connectivity index (χ4n) is 2.04. The maximum absolute atomic E-state index is 5.07. The van der Waals surface area contributed by atoms with Crippen molar-refractivity contribution >= 4 is 12.2 Å². The summed E-state index contributed by atoms with van der Waals surface area (Å²) in [6, 6.07) is 0. The molecule has 1 aliphatic rings. The average Bonchev–Trinajstić information content (AvgIpc) is 2.73. The zero-order valence-electron chi connectivity index (χ0n) is 8.95. The van der Waals surface area contributed by atoms with Gasteiger partial charge in [0, 0.05) is 13.0 Å². The number of aryl methyl sites for hydroxylation is 1. The molecule has 0 aliphatic heterocycles. The van der Waals surface area contributed by atoms with E-state index in [-0.39, 0.29) is 0 Å². The fraction of sp³-hybridized carbons (Fsp3) is 0.800. The van der Waals surface area contributed by atoms with Crippen molar-refractivity contribution in [2.24, 2.45) is 18.9 Å². The molecule has 4 heteroatoms. The first-order valence-corrected chi connectivity index (χ1v) is 5.61. The number of aromatic nitrogens is 3. The molecule has 0 spiro atoms. The number of hydrogen-bond donors (Lipinski definition) is 1. The molecule has 0 amide bonds. The Hall–Kier alpha value is -0.640. The monoisotopic (exact) mass is 211 g/mol. The number of aromatic amines is 1. The molecule has 0 bridgehead atoms. The van der Waals surface area contributed by atoms with Crippen molar-refractivity contribution < 1.29 is 0 Å². The van der Waals surface area contributed by atoms with E-state index in [1.807, 2.05) is 11.7 Å². The summed E-state index contributed by atoms with van der Waals surface area (Å²) in [5, 5.41) is 3.21. The Morgan fingerprint density at radius 1 is 1.64 bits per heavy atom. The molecule has 2 unspecified atom stereocenters. The second-order valence-corrected chi connectivity index (χ2v) is 5.05. The van der Waals surface area contributed by atoms with Gasteiger partial charge in [-0.15, -0.1) is 0 Å². The van der Waals surface area contributed by atoms with Crippen LogP contribution in [0.1, 0.15) is 38.4 Å². The quantitative estimate of drug-likeness (QED) is 0.780. The molecule has 14 heavy (non-hydrogen) atoms. The average molecular weight is 211 g/mol. The first-order chi connectivity index (χ1) is 6.58. The number of H-pyrrole nitrogens is 1. The zero-order chi connectivity index (χ0) is 10.3. The van der Waals surface area contributed by atoms with Gasteiger partial charge >= 0.3 is 0 Å². The number of nitrogens with zero attached hydrogens (tertiary/aromatic N) is 2. The van der Waals surface area contributed by atoms with Crippen molar-refractivity contribution in [1.82, 2.24) is 14.8 Å². The van der Waals surface area contributed by atoms with Crippen molar-refractivity contribution in [3.63, 3.8) is 0 Å². The van der Waals surface area contributed by atoms with Gasteiger partial charge in [-0.2, -0.15) is 0 Å². The first kappa shape index (κ1) is 9.90. The largest absolute Gasteiger partial charge is 0.283 e. The molecule has 2 atom stereocenters. The van der Waals surface area contributed by atoms with Gasteiger partial charge in [0.05, 0.1) is 0 Å². The third kappa shape index (κ3) is 1.90. The summed E-state index contributed by atoms with van der Waals surface area (Å²) in [5.74, 6) is 3.34. The van der Waals surface area contributed by atoms with Crippen LogP contribution in [0.3, 0.4) is 0 Å². The summed E-state index contributed by atoms with van der Waals surface area (Å²) in [6.45, 7) is 4.55. The minimum absolute atomic E-state index is 0.639. The van der Waals surface area contributed by atoms with Gasteiger partial charge in [-0.25, -0.2) is 4.98 Å². The minimum Gasteiger partial charge on any atom is -0.283 e. The molecule has 0 saturated heterocycles. The van der Waals surface area contributed by atoms with Crippen LogP contribution in [0.15, 0.2) is 0 Å². The Labute approximate surface area is 89.5 Å². The lowest BCUT2D eigenvalue weighted by Crippen LogP contribution is -1.94. The maximum atomic E-state index is 5.07. The summed E-state index contributed by atoms with van der Waals surface area (Å²) in [6.07, 6.45) is 2.59. The van der Waals surface area contributed by atoms with Crippen LogP contribution in [-0.2, 0) is 7.05 Å². The van der Waals surface area contributed by atoms with Gasteiger partial charge < -0.3 is 0 Å². The van der Waals surface area contributed by atoms with Crippen molar-refractivity contribution in [1.29, 1.82) is 0 Å². The molecule has 78 valence electrons. The minimum atomic E-state index is 0.639. The first-order valence-electron chi connectivity index (χ1n) is 5.21. The van der Waals surface area contributed by atoms with Crippen LogP contribution >= 0.6 is 12.2 Å². The Morgan fingerprint density at radius 2 is 2.36 bits per heavy atom. The number of hydrogen-bond acceptors (Lipinski definition) is 2. The van der Waals surface area contributed by atoms with Crippen molar-refractivity contribution in [3.05, 3.63) is 10.6 Å². The summed E-state index contributed by atoms with van der Waals surface area (Å²) in [7, 11) is 1.92. The molecule has 1 aromatic rings. The van der Waals surface area contributed by atoms with Gasteiger partial charge in [-0.1, -0.05) is 13.8 Å². The highest BCUT2D eigenvalue weighted by atomic mass is 32.1. The molecular formula is C10H17N3S. The third-order valence-electron chi connectivity index (χ3n) is 2.83. The van der Waals surface area contributed by atoms with E-state index in [0.717, 1.165) is 17.7 Å². The highest BCUT2D eigenvalue weighted by Gasteiger charge is 2.40. The molecule has 1 heterocycles. The lowest BCUT2D eigenvalue weighted by Gasteiger charge is -2.01. The van der Waals surface area contributed by atoms with Gasteiger partial charge in [0.25, 0.3) is 0 Å². The Morgan fingerprint density at radius 3 is 2.86 bits per heavy atom. The smallest absolute Gasteiger partial charge is 0.215 e. The summed E-state index contributed by atoms with van der Waals surface area (Å²) >= 11 is 5.07. The molecule has 0 radical (unpaired) electrons. The number of nitrogens with one attached hydrogen (secondary N) is 1. The van der Waals surface area contributed by atoms with Gasteiger partial charge in [0.2, 0.25) is 4.77 Å². The molecule has 1 aromatic heterocycles. The van der Waals surface area contributed by atoms with E-state index >= 15 is 0 Å². The lowest BCUT2D eigenvalue weighted by atomic mass is 10.1. The van der Waals surface area contributed by atoms with Gasteiger partial charge in [0.1, 0.15) is 5.82 Å². The van der Waals surface area contributed by atoms with Gasteiger partial charge in [-0.3, -0.25) is 9.78 Å². The lowest BCUT2D eigenvalue weighted by molar-refractivity contribution is 0.528. The van der Waals surface area contributed by atoms with E-state index in [2.05, 4.69) is 23.9 Å².